The van der Waals surface area contributed by atoms with Crippen LogP contribution in [0.25, 0.3) is 21.5 Å². The number of hydrogen-bond donors (Lipinski definition) is 0. The van der Waals surface area contributed by atoms with Crippen LogP contribution < -0.4 is 14.2 Å². The lowest BCUT2D eigenvalue weighted by atomic mass is 9.89. The minimum absolute atomic E-state index is 0.173. The van der Waals surface area contributed by atoms with E-state index in [9.17, 15) is 0 Å². The highest BCUT2D eigenvalue weighted by Crippen LogP contribution is 2.37. The minimum Gasteiger partial charge on any atom is -0.491 e. The molecular weight excluding hydrogens is 508 g/mol. The minimum atomic E-state index is 0.173. The van der Waals surface area contributed by atoms with Gasteiger partial charge < -0.3 is 33.2 Å². The van der Waals surface area contributed by atoms with Gasteiger partial charge in [0.25, 0.3) is 0 Å². The molecule has 0 radical (unpaired) electrons. The molecule has 4 aromatic carbocycles. The quantitative estimate of drug-likeness (QED) is 0.224. The Morgan fingerprint density at radius 1 is 0.550 bits per heavy atom. The van der Waals surface area contributed by atoms with Gasteiger partial charge in [0, 0.05) is 18.4 Å². The van der Waals surface area contributed by atoms with E-state index in [1.165, 1.54) is 21.9 Å². The first kappa shape index (κ1) is 24.4. The van der Waals surface area contributed by atoms with Crippen LogP contribution in [0.3, 0.4) is 0 Å². The lowest BCUT2D eigenvalue weighted by Crippen LogP contribution is -2.08. The van der Waals surface area contributed by atoms with Gasteiger partial charge in [0.05, 0.1) is 32.5 Å². The molecule has 0 bridgehead atoms. The fourth-order valence-electron chi connectivity index (χ4n) is 5.31. The summed E-state index contributed by atoms with van der Waals surface area (Å²) in [4.78, 5) is 0. The number of fused-ring (bicyclic) bond motifs is 2. The van der Waals surface area contributed by atoms with Crippen molar-refractivity contribution in [2.24, 2.45) is 0 Å². The molecule has 0 aromatic heterocycles. The molecule has 40 heavy (non-hydrogen) atoms. The van der Waals surface area contributed by atoms with Gasteiger partial charge in [0.15, 0.2) is 0 Å². The third-order valence-electron chi connectivity index (χ3n) is 7.97. The Morgan fingerprint density at radius 3 is 1.62 bits per heavy atom. The van der Waals surface area contributed by atoms with Crippen molar-refractivity contribution < 1.29 is 33.2 Å². The Morgan fingerprint density at radius 2 is 1.05 bits per heavy atom. The summed E-state index contributed by atoms with van der Waals surface area (Å²) in [6.07, 6.45) is 2.46. The zero-order valence-electron chi connectivity index (χ0n) is 22.3. The van der Waals surface area contributed by atoms with Crippen molar-refractivity contribution in [2.45, 2.75) is 37.3 Å². The van der Waals surface area contributed by atoms with Crippen LogP contribution in [0.15, 0.2) is 60.7 Å². The summed E-state index contributed by atoms with van der Waals surface area (Å²) in [7, 11) is 0. The van der Waals surface area contributed by atoms with E-state index >= 15 is 0 Å². The summed E-state index contributed by atoms with van der Waals surface area (Å²) in [6, 6.07) is 21.4. The Labute approximate surface area is 232 Å². The second-order valence-corrected chi connectivity index (χ2v) is 11.1. The van der Waals surface area contributed by atoms with E-state index in [-0.39, 0.29) is 24.4 Å². The molecule has 4 heterocycles. The lowest BCUT2D eigenvalue weighted by molar-refractivity contribution is 0.261. The number of rotatable bonds is 13. The van der Waals surface area contributed by atoms with Gasteiger partial charge in [0.1, 0.15) is 55.4 Å². The molecule has 4 saturated heterocycles. The zero-order valence-corrected chi connectivity index (χ0v) is 22.3. The molecule has 4 unspecified atom stereocenters. The highest BCUT2D eigenvalue weighted by molar-refractivity contribution is 5.92. The Kier molecular flexibility index (Phi) is 6.25. The summed E-state index contributed by atoms with van der Waals surface area (Å²) in [5.41, 5.74) is 3.72. The highest BCUT2D eigenvalue weighted by atomic mass is 16.6. The van der Waals surface area contributed by atoms with Crippen LogP contribution in [0.1, 0.15) is 16.7 Å². The lowest BCUT2D eigenvalue weighted by Gasteiger charge is -2.19. The van der Waals surface area contributed by atoms with Gasteiger partial charge in [0.2, 0.25) is 0 Å². The van der Waals surface area contributed by atoms with Crippen LogP contribution in [-0.4, -0.2) is 70.7 Å². The molecule has 7 heteroatoms. The molecule has 206 valence electrons. The number of hydrogen-bond acceptors (Lipinski definition) is 7. The van der Waals surface area contributed by atoms with Gasteiger partial charge in [-0.1, -0.05) is 30.3 Å². The van der Waals surface area contributed by atoms with Crippen molar-refractivity contribution >= 4 is 21.5 Å². The van der Waals surface area contributed by atoms with E-state index < -0.39 is 0 Å². The molecule has 0 saturated carbocycles. The first-order chi connectivity index (χ1) is 19.7. The van der Waals surface area contributed by atoms with E-state index in [4.69, 9.17) is 33.2 Å². The molecule has 4 fully saturated rings. The van der Waals surface area contributed by atoms with E-state index in [1.807, 2.05) is 12.1 Å². The van der Waals surface area contributed by atoms with Crippen molar-refractivity contribution in [2.75, 3.05) is 46.2 Å². The highest BCUT2D eigenvalue weighted by Gasteiger charge is 2.27. The summed E-state index contributed by atoms with van der Waals surface area (Å²) < 4.78 is 40.4. The predicted molar refractivity (Wildman–Crippen MR) is 150 cm³/mol. The maximum absolute atomic E-state index is 6.38. The van der Waals surface area contributed by atoms with E-state index in [1.54, 1.807) is 0 Å². The topological polar surface area (TPSA) is 77.8 Å². The Hall–Kier alpha value is -3.36. The first-order valence-electron chi connectivity index (χ1n) is 14.2. The zero-order chi connectivity index (χ0) is 26.5. The molecule has 4 atom stereocenters. The van der Waals surface area contributed by atoms with Crippen molar-refractivity contribution in [1.29, 1.82) is 0 Å². The molecular formula is C33H32O7. The third kappa shape index (κ3) is 5.60. The molecule has 4 aliphatic heterocycles. The molecule has 0 N–H and O–H groups in total. The summed E-state index contributed by atoms with van der Waals surface area (Å²) in [5.74, 6) is 2.59. The van der Waals surface area contributed by atoms with Crippen LogP contribution >= 0.6 is 0 Å². The number of epoxide rings is 4. The second-order valence-electron chi connectivity index (χ2n) is 11.1. The van der Waals surface area contributed by atoms with E-state index in [0.29, 0.717) is 26.2 Å². The molecule has 0 aliphatic carbocycles. The van der Waals surface area contributed by atoms with Gasteiger partial charge in [-0.05, 0) is 63.0 Å². The van der Waals surface area contributed by atoms with Gasteiger partial charge in [-0.25, -0.2) is 0 Å². The smallest absolute Gasteiger partial charge is 0.123 e. The molecule has 4 aliphatic rings. The summed E-state index contributed by atoms with van der Waals surface area (Å²) >= 11 is 0. The van der Waals surface area contributed by atoms with Crippen molar-refractivity contribution in [3.63, 3.8) is 0 Å². The molecule has 7 nitrogen and oxygen atoms in total. The average molecular weight is 541 g/mol. The Bertz CT molecular complexity index is 1540. The van der Waals surface area contributed by atoms with Gasteiger partial charge >= 0.3 is 0 Å². The van der Waals surface area contributed by atoms with Crippen LogP contribution in [0.5, 0.6) is 17.2 Å². The van der Waals surface area contributed by atoms with Crippen molar-refractivity contribution in [1.82, 2.24) is 0 Å². The molecule has 0 spiro atoms. The van der Waals surface area contributed by atoms with E-state index in [0.717, 1.165) is 66.4 Å². The normalized spacial score (nSPS) is 24.2. The van der Waals surface area contributed by atoms with Crippen LogP contribution in [0, 0.1) is 0 Å². The fourth-order valence-corrected chi connectivity index (χ4v) is 5.31. The van der Waals surface area contributed by atoms with E-state index in [2.05, 4.69) is 48.5 Å². The predicted octanol–water partition coefficient (Wildman–Crippen LogP) is 4.86. The monoisotopic (exact) mass is 540 g/mol. The average Bonchev–Trinajstić information content (AvgIpc) is 3.81. The maximum Gasteiger partial charge on any atom is 0.123 e. The van der Waals surface area contributed by atoms with Gasteiger partial charge in [-0.2, -0.15) is 0 Å². The van der Waals surface area contributed by atoms with Crippen molar-refractivity contribution in [3.8, 4) is 17.2 Å². The molecule has 0 amide bonds. The molecule has 4 aromatic rings. The van der Waals surface area contributed by atoms with Crippen molar-refractivity contribution in [3.05, 3.63) is 77.4 Å². The SMILES string of the molecule is c1cc2ccc(CC3CO3)c(Cc3c(OCC4CO4)ccc4ccc(OCC5CO5)cc34)c2cc1OCC1CO1. The summed E-state index contributed by atoms with van der Waals surface area (Å²) in [5, 5.41) is 4.67. The molecule has 8 rings (SSSR count). The Balaban J connectivity index is 1.22. The largest absolute Gasteiger partial charge is 0.491 e. The van der Waals surface area contributed by atoms with Crippen LogP contribution in [0.2, 0.25) is 0 Å². The second kappa shape index (κ2) is 10.2. The summed E-state index contributed by atoms with van der Waals surface area (Å²) in [6.45, 7) is 4.82. The maximum atomic E-state index is 6.38. The van der Waals surface area contributed by atoms with Crippen LogP contribution in [0.4, 0.5) is 0 Å². The fraction of sp³-hybridized carbons (Fsp3) is 0.394. The van der Waals surface area contributed by atoms with Gasteiger partial charge in [-0.3, -0.25) is 0 Å². The number of ether oxygens (including phenoxy) is 7. The first-order valence-corrected chi connectivity index (χ1v) is 14.2. The third-order valence-corrected chi connectivity index (χ3v) is 7.97. The standard InChI is InChI=1S/C33H32O7/c1-2-22(9-25-13-36-25)31(29-10-23(6-3-20(1)29)34-14-26-16-37-26)12-32-30-11-24(35-15-27-17-38-27)7-4-21(30)5-8-33(32)40-19-28-18-39-28/h1-8,10-11,25-28H,9,12-19H2. The van der Waals surface area contributed by atoms with Gasteiger partial charge in [-0.15, -0.1) is 0 Å². The number of benzene rings is 4. The van der Waals surface area contributed by atoms with Crippen LogP contribution in [-0.2, 0) is 31.8 Å².